The molecule has 0 radical (unpaired) electrons. The summed E-state index contributed by atoms with van der Waals surface area (Å²) in [5, 5.41) is 0. The lowest BCUT2D eigenvalue weighted by molar-refractivity contribution is 0.0550. The first kappa shape index (κ1) is 13.0. The Morgan fingerprint density at radius 2 is 1.81 bits per heavy atom. The summed E-state index contributed by atoms with van der Waals surface area (Å²) in [5.41, 5.74) is 6.89. The number of nitrogens with two attached hydrogens (primary N) is 1. The Bertz CT molecular complexity index is 311. The summed E-state index contributed by atoms with van der Waals surface area (Å²) in [6.07, 6.45) is 0.243. The molecule has 0 bridgehead atoms. The van der Waals surface area contributed by atoms with Crippen molar-refractivity contribution in [3.05, 3.63) is 29.8 Å². The van der Waals surface area contributed by atoms with E-state index in [1.807, 2.05) is 45.0 Å². The first-order chi connectivity index (χ1) is 7.61. The zero-order chi connectivity index (χ0) is 12.0. The van der Waals surface area contributed by atoms with Crippen molar-refractivity contribution in [1.82, 2.24) is 0 Å². The van der Waals surface area contributed by atoms with Crippen molar-refractivity contribution in [1.29, 1.82) is 0 Å². The van der Waals surface area contributed by atoms with Gasteiger partial charge in [0.25, 0.3) is 0 Å². The van der Waals surface area contributed by atoms with Gasteiger partial charge < -0.3 is 15.2 Å². The van der Waals surface area contributed by atoms with Gasteiger partial charge in [0, 0.05) is 11.6 Å². The van der Waals surface area contributed by atoms with Crippen molar-refractivity contribution in [3.63, 3.8) is 0 Å². The third-order valence-electron chi connectivity index (χ3n) is 2.20. The molecule has 3 heteroatoms. The Hall–Kier alpha value is -1.06. The van der Waals surface area contributed by atoms with E-state index in [-0.39, 0.29) is 12.1 Å². The summed E-state index contributed by atoms with van der Waals surface area (Å²) < 4.78 is 11.1. The van der Waals surface area contributed by atoms with Crippen molar-refractivity contribution < 1.29 is 9.47 Å². The molecule has 3 nitrogen and oxygen atoms in total. The lowest BCUT2D eigenvalue weighted by Gasteiger charge is -2.14. The molecule has 0 aliphatic rings. The normalized spacial score (nSPS) is 12.8. The molecule has 1 aromatic rings. The second-order valence-electron chi connectivity index (χ2n) is 4.09. The van der Waals surface area contributed by atoms with Crippen LogP contribution in [0.25, 0.3) is 0 Å². The molecule has 0 amide bonds. The monoisotopic (exact) mass is 223 g/mol. The van der Waals surface area contributed by atoms with E-state index < -0.39 is 0 Å². The Kier molecular flexibility index (Phi) is 5.29. The van der Waals surface area contributed by atoms with Crippen molar-refractivity contribution >= 4 is 0 Å². The molecule has 0 spiro atoms. The number of benzene rings is 1. The van der Waals surface area contributed by atoms with E-state index in [0.29, 0.717) is 13.2 Å². The highest BCUT2D eigenvalue weighted by Crippen LogP contribution is 2.22. The predicted octanol–water partition coefficient (Wildman–Crippen LogP) is 2.51. The number of ether oxygens (including phenoxy) is 2. The predicted molar refractivity (Wildman–Crippen MR) is 65.6 cm³/mol. The van der Waals surface area contributed by atoms with Gasteiger partial charge in [-0.05, 0) is 26.8 Å². The SMILES string of the molecule is CC(C)OCCOc1ccccc1C(C)N. The molecule has 0 aliphatic heterocycles. The van der Waals surface area contributed by atoms with Gasteiger partial charge in [-0.15, -0.1) is 0 Å². The van der Waals surface area contributed by atoms with Crippen LogP contribution in [0.5, 0.6) is 5.75 Å². The van der Waals surface area contributed by atoms with E-state index in [0.717, 1.165) is 11.3 Å². The summed E-state index contributed by atoms with van der Waals surface area (Å²) in [5.74, 6) is 0.852. The second kappa shape index (κ2) is 6.51. The van der Waals surface area contributed by atoms with Crippen LogP contribution in [0.2, 0.25) is 0 Å². The fourth-order valence-electron chi connectivity index (χ4n) is 1.42. The molecule has 1 rings (SSSR count). The van der Waals surface area contributed by atoms with Crippen LogP contribution in [-0.4, -0.2) is 19.3 Å². The van der Waals surface area contributed by atoms with Gasteiger partial charge in [0.1, 0.15) is 12.4 Å². The fourth-order valence-corrected chi connectivity index (χ4v) is 1.42. The molecule has 2 N–H and O–H groups in total. The minimum absolute atomic E-state index is 0.0118. The zero-order valence-electron chi connectivity index (χ0n) is 10.3. The average molecular weight is 223 g/mol. The molecule has 0 saturated carbocycles. The summed E-state index contributed by atoms with van der Waals surface area (Å²) in [7, 11) is 0. The van der Waals surface area contributed by atoms with Crippen LogP contribution >= 0.6 is 0 Å². The summed E-state index contributed by atoms with van der Waals surface area (Å²) in [6, 6.07) is 7.83. The van der Waals surface area contributed by atoms with Gasteiger partial charge in [0.05, 0.1) is 12.7 Å². The standard InChI is InChI=1S/C13H21NO2/c1-10(2)15-8-9-16-13-7-5-4-6-12(13)11(3)14/h4-7,10-11H,8-9,14H2,1-3H3. The van der Waals surface area contributed by atoms with Crippen LogP contribution in [-0.2, 0) is 4.74 Å². The largest absolute Gasteiger partial charge is 0.491 e. The number of para-hydroxylation sites is 1. The van der Waals surface area contributed by atoms with E-state index in [2.05, 4.69) is 0 Å². The number of hydrogen-bond donors (Lipinski definition) is 1. The number of rotatable bonds is 6. The third kappa shape index (κ3) is 4.21. The highest BCUT2D eigenvalue weighted by Gasteiger charge is 2.06. The van der Waals surface area contributed by atoms with Crippen molar-refractivity contribution in [2.45, 2.75) is 32.9 Å². The van der Waals surface area contributed by atoms with Crippen LogP contribution in [0.3, 0.4) is 0 Å². The van der Waals surface area contributed by atoms with Crippen molar-refractivity contribution in [2.75, 3.05) is 13.2 Å². The Balaban J connectivity index is 2.47. The summed E-state index contributed by atoms with van der Waals surface area (Å²) in [4.78, 5) is 0. The Morgan fingerprint density at radius 3 is 2.44 bits per heavy atom. The van der Waals surface area contributed by atoms with Crippen LogP contribution < -0.4 is 10.5 Å². The summed E-state index contributed by atoms with van der Waals surface area (Å²) >= 11 is 0. The molecule has 0 saturated heterocycles. The van der Waals surface area contributed by atoms with Gasteiger partial charge in [-0.25, -0.2) is 0 Å². The van der Waals surface area contributed by atoms with Gasteiger partial charge >= 0.3 is 0 Å². The third-order valence-corrected chi connectivity index (χ3v) is 2.20. The molecule has 1 atom stereocenters. The van der Waals surface area contributed by atoms with Crippen molar-refractivity contribution in [2.24, 2.45) is 5.73 Å². The van der Waals surface area contributed by atoms with Gasteiger partial charge in [0.2, 0.25) is 0 Å². The smallest absolute Gasteiger partial charge is 0.124 e. The molecule has 1 aromatic carbocycles. The molecule has 0 fully saturated rings. The first-order valence-electron chi connectivity index (χ1n) is 5.70. The highest BCUT2D eigenvalue weighted by molar-refractivity contribution is 5.35. The van der Waals surface area contributed by atoms with E-state index in [4.69, 9.17) is 15.2 Å². The molecule has 90 valence electrons. The van der Waals surface area contributed by atoms with E-state index in [9.17, 15) is 0 Å². The molecule has 1 unspecified atom stereocenters. The van der Waals surface area contributed by atoms with Gasteiger partial charge in [-0.3, -0.25) is 0 Å². The lowest BCUT2D eigenvalue weighted by atomic mass is 10.1. The summed E-state index contributed by atoms with van der Waals surface area (Å²) in [6.45, 7) is 7.13. The minimum atomic E-state index is -0.0118. The van der Waals surface area contributed by atoms with Crippen molar-refractivity contribution in [3.8, 4) is 5.75 Å². The zero-order valence-corrected chi connectivity index (χ0v) is 10.3. The first-order valence-corrected chi connectivity index (χ1v) is 5.70. The Morgan fingerprint density at radius 1 is 1.12 bits per heavy atom. The Labute approximate surface area is 97.6 Å². The maximum Gasteiger partial charge on any atom is 0.124 e. The molecule has 0 aromatic heterocycles. The van der Waals surface area contributed by atoms with Gasteiger partial charge in [-0.1, -0.05) is 18.2 Å². The molecular formula is C13H21NO2. The maximum absolute atomic E-state index is 5.86. The molecular weight excluding hydrogens is 202 g/mol. The molecule has 16 heavy (non-hydrogen) atoms. The molecule has 0 aliphatic carbocycles. The topological polar surface area (TPSA) is 44.5 Å². The minimum Gasteiger partial charge on any atom is -0.491 e. The molecule has 0 heterocycles. The lowest BCUT2D eigenvalue weighted by Crippen LogP contribution is -2.13. The average Bonchev–Trinajstić information content (AvgIpc) is 2.24. The van der Waals surface area contributed by atoms with E-state index >= 15 is 0 Å². The van der Waals surface area contributed by atoms with E-state index in [1.54, 1.807) is 0 Å². The van der Waals surface area contributed by atoms with Crippen LogP contribution in [0.15, 0.2) is 24.3 Å². The van der Waals surface area contributed by atoms with Crippen LogP contribution in [0.4, 0.5) is 0 Å². The van der Waals surface area contributed by atoms with E-state index in [1.165, 1.54) is 0 Å². The number of hydrogen-bond acceptors (Lipinski definition) is 3. The fraction of sp³-hybridized carbons (Fsp3) is 0.538. The highest BCUT2D eigenvalue weighted by atomic mass is 16.5. The quantitative estimate of drug-likeness (QED) is 0.754. The van der Waals surface area contributed by atoms with Crippen LogP contribution in [0.1, 0.15) is 32.4 Å². The maximum atomic E-state index is 5.86. The van der Waals surface area contributed by atoms with Crippen LogP contribution in [0, 0.1) is 0 Å². The van der Waals surface area contributed by atoms with Gasteiger partial charge in [-0.2, -0.15) is 0 Å². The second-order valence-corrected chi connectivity index (χ2v) is 4.09. The van der Waals surface area contributed by atoms with Gasteiger partial charge in [0.15, 0.2) is 0 Å².